The lowest BCUT2D eigenvalue weighted by atomic mass is 9.78. The molecule has 0 saturated heterocycles. The average Bonchev–Trinajstić information content (AvgIpc) is 3.35. The summed E-state index contributed by atoms with van der Waals surface area (Å²) < 4.78 is 8.16. The molecule has 0 spiro atoms. The zero-order valence-corrected chi connectivity index (χ0v) is 18.7. The minimum Gasteiger partial charge on any atom is -0.361 e. The van der Waals surface area contributed by atoms with Crippen LogP contribution in [0.25, 0.3) is 5.69 Å². The number of halogens is 1. The monoisotopic (exact) mass is 437 g/mol. The number of rotatable bonds is 2. The summed E-state index contributed by atoms with van der Waals surface area (Å²) in [6, 6.07) is 6.18. The fourth-order valence-electron chi connectivity index (χ4n) is 5.80. The molecular formula is C24H28ClN5O. The molecule has 1 aliphatic heterocycles. The van der Waals surface area contributed by atoms with Crippen molar-refractivity contribution in [1.29, 1.82) is 0 Å². The second kappa shape index (κ2) is 7.75. The van der Waals surface area contributed by atoms with Gasteiger partial charge in [0, 0.05) is 29.0 Å². The zero-order valence-electron chi connectivity index (χ0n) is 18.0. The number of benzene rings is 1. The fourth-order valence-corrected chi connectivity index (χ4v) is 5.99. The summed E-state index contributed by atoms with van der Waals surface area (Å²) in [5.41, 5.74) is 5.04. The van der Waals surface area contributed by atoms with Crippen LogP contribution in [-0.4, -0.2) is 31.9 Å². The first-order valence-corrected chi connectivity index (χ1v) is 11.9. The van der Waals surface area contributed by atoms with Crippen molar-refractivity contribution in [2.75, 3.05) is 7.05 Å². The normalized spacial score (nSPS) is 23.7. The van der Waals surface area contributed by atoms with Crippen molar-refractivity contribution in [3.05, 3.63) is 57.5 Å². The number of aryl methyl sites for hydroxylation is 1. The maximum absolute atomic E-state index is 6.31. The van der Waals surface area contributed by atoms with Crippen LogP contribution in [0.15, 0.2) is 22.7 Å². The van der Waals surface area contributed by atoms with E-state index in [4.69, 9.17) is 21.2 Å². The summed E-state index contributed by atoms with van der Waals surface area (Å²) in [5, 5.41) is 14.5. The zero-order chi connectivity index (χ0) is 20.9. The largest absolute Gasteiger partial charge is 0.361 e. The van der Waals surface area contributed by atoms with Gasteiger partial charge in [-0.25, -0.2) is 0 Å². The van der Waals surface area contributed by atoms with Crippen LogP contribution in [0, 0.1) is 0 Å². The molecule has 0 radical (unpaired) electrons. The lowest BCUT2D eigenvalue weighted by Crippen LogP contribution is -2.18. The molecule has 0 amide bonds. The summed E-state index contributed by atoms with van der Waals surface area (Å²) in [5.74, 6) is 4.21. The Labute approximate surface area is 187 Å². The molecule has 2 aromatic heterocycles. The van der Waals surface area contributed by atoms with Crippen molar-refractivity contribution in [1.82, 2.24) is 24.8 Å². The molecule has 6 rings (SSSR count). The molecule has 0 bridgehead atoms. The third-order valence-electron chi connectivity index (χ3n) is 7.34. The van der Waals surface area contributed by atoms with Crippen LogP contribution in [0.2, 0.25) is 5.02 Å². The summed E-state index contributed by atoms with van der Waals surface area (Å²) >= 11 is 6.31. The van der Waals surface area contributed by atoms with E-state index in [0.29, 0.717) is 11.8 Å². The maximum Gasteiger partial charge on any atom is 0.151 e. The molecular weight excluding hydrogens is 410 g/mol. The first-order valence-electron chi connectivity index (χ1n) is 11.6. The number of hydrogen-bond donors (Lipinski definition) is 0. The van der Waals surface area contributed by atoms with Crippen LogP contribution in [0.1, 0.15) is 84.6 Å². The molecule has 3 aliphatic rings. The molecule has 3 aromatic rings. The minimum atomic E-state index is 0.420. The quantitative estimate of drug-likeness (QED) is 0.553. The second-order valence-electron chi connectivity index (χ2n) is 9.48. The molecule has 1 aromatic carbocycles. The van der Waals surface area contributed by atoms with E-state index in [1.165, 1.54) is 41.1 Å². The van der Waals surface area contributed by atoms with E-state index in [-0.39, 0.29) is 0 Å². The van der Waals surface area contributed by atoms with E-state index < -0.39 is 0 Å². The lowest BCUT2D eigenvalue weighted by Gasteiger charge is -2.28. The Bertz CT molecular complexity index is 1110. The Balaban J connectivity index is 1.28. The number of hydrogen-bond acceptors (Lipinski definition) is 5. The molecule has 6 nitrogen and oxygen atoms in total. The standard InChI is InChI=1S/C24H28ClN5O/c1-29-13-17-12-18(25)10-11-21(17)30-22(14-29)26-27-24(30)16-8-6-15(7-9-16)23-19-4-2-3-5-20(19)28-31-23/h10-12,15-16H,2-9,13-14H2,1H3. The highest BCUT2D eigenvalue weighted by Crippen LogP contribution is 2.43. The van der Waals surface area contributed by atoms with Gasteiger partial charge in [-0.15, -0.1) is 10.2 Å². The highest BCUT2D eigenvalue weighted by atomic mass is 35.5. The maximum atomic E-state index is 6.31. The van der Waals surface area contributed by atoms with Gasteiger partial charge >= 0.3 is 0 Å². The van der Waals surface area contributed by atoms with E-state index in [0.717, 1.165) is 68.3 Å². The van der Waals surface area contributed by atoms with Crippen molar-refractivity contribution < 1.29 is 4.52 Å². The van der Waals surface area contributed by atoms with Gasteiger partial charge in [-0.2, -0.15) is 0 Å². The van der Waals surface area contributed by atoms with Crippen molar-refractivity contribution in [2.45, 2.75) is 76.3 Å². The predicted molar refractivity (Wildman–Crippen MR) is 119 cm³/mol. The molecule has 7 heteroatoms. The Kier molecular flexibility index (Phi) is 4.87. The molecule has 3 heterocycles. The lowest BCUT2D eigenvalue weighted by molar-refractivity contribution is 0.300. The second-order valence-corrected chi connectivity index (χ2v) is 9.92. The number of nitrogens with zero attached hydrogens (tertiary/aromatic N) is 5. The van der Waals surface area contributed by atoms with Gasteiger partial charge in [0.2, 0.25) is 0 Å². The van der Waals surface area contributed by atoms with Gasteiger partial charge in [-0.1, -0.05) is 16.8 Å². The van der Waals surface area contributed by atoms with Gasteiger partial charge in [0.15, 0.2) is 5.82 Å². The van der Waals surface area contributed by atoms with Crippen molar-refractivity contribution >= 4 is 11.6 Å². The van der Waals surface area contributed by atoms with Gasteiger partial charge in [0.05, 0.1) is 17.9 Å². The SMILES string of the molecule is CN1Cc2cc(Cl)ccc2-n2c(nnc2C2CCC(c3onc4c3CCCC4)CC2)C1. The van der Waals surface area contributed by atoms with E-state index in [2.05, 4.69) is 38.9 Å². The van der Waals surface area contributed by atoms with Crippen LogP contribution in [0.4, 0.5) is 0 Å². The van der Waals surface area contributed by atoms with Gasteiger partial charge < -0.3 is 4.52 Å². The first kappa shape index (κ1) is 19.5. The van der Waals surface area contributed by atoms with Crippen LogP contribution >= 0.6 is 11.6 Å². The molecule has 31 heavy (non-hydrogen) atoms. The van der Waals surface area contributed by atoms with E-state index in [1.807, 2.05) is 6.07 Å². The summed E-state index contributed by atoms with van der Waals surface area (Å²) in [6.45, 7) is 1.65. The van der Waals surface area contributed by atoms with Gasteiger partial charge in [0.1, 0.15) is 11.6 Å². The van der Waals surface area contributed by atoms with Crippen molar-refractivity contribution in [3.63, 3.8) is 0 Å². The summed E-state index contributed by atoms with van der Waals surface area (Å²) in [7, 11) is 2.12. The third kappa shape index (κ3) is 3.40. The minimum absolute atomic E-state index is 0.420. The molecule has 2 aliphatic carbocycles. The Morgan fingerprint density at radius 3 is 2.68 bits per heavy atom. The van der Waals surface area contributed by atoms with E-state index in [1.54, 1.807) is 0 Å². The van der Waals surface area contributed by atoms with Crippen molar-refractivity contribution in [3.8, 4) is 5.69 Å². The van der Waals surface area contributed by atoms with E-state index >= 15 is 0 Å². The highest BCUT2D eigenvalue weighted by Gasteiger charge is 2.33. The molecule has 0 N–H and O–H groups in total. The van der Waals surface area contributed by atoms with Gasteiger partial charge in [0.25, 0.3) is 0 Å². The van der Waals surface area contributed by atoms with E-state index in [9.17, 15) is 0 Å². The third-order valence-corrected chi connectivity index (χ3v) is 7.58. The Hall–Kier alpha value is -2.18. The topological polar surface area (TPSA) is 60.0 Å². The molecule has 162 valence electrons. The fraction of sp³-hybridized carbons (Fsp3) is 0.542. The highest BCUT2D eigenvalue weighted by molar-refractivity contribution is 6.30. The smallest absolute Gasteiger partial charge is 0.151 e. The van der Waals surface area contributed by atoms with Crippen LogP contribution in [-0.2, 0) is 25.9 Å². The Morgan fingerprint density at radius 1 is 1.00 bits per heavy atom. The molecule has 0 atom stereocenters. The number of fused-ring (bicyclic) bond motifs is 4. The van der Waals surface area contributed by atoms with Crippen molar-refractivity contribution in [2.24, 2.45) is 0 Å². The summed E-state index contributed by atoms with van der Waals surface area (Å²) in [6.07, 6.45) is 9.19. The number of aromatic nitrogens is 4. The van der Waals surface area contributed by atoms with Gasteiger partial charge in [-0.05, 0) is 82.2 Å². The van der Waals surface area contributed by atoms with Crippen LogP contribution < -0.4 is 0 Å². The van der Waals surface area contributed by atoms with Crippen LogP contribution in [0.3, 0.4) is 0 Å². The average molecular weight is 438 g/mol. The molecule has 0 unspecified atom stereocenters. The first-order chi connectivity index (χ1) is 15.2. The molecule has 1 saturated carbocycles. The Morgan fingerprint density at radius 2 is 1.81 bits per heavy atom. The summed E-state index contributed by atoms with van der Waals surface area (Å²) in [4.78, 5) is 2.27. The predicted octanol–water partition coefficient (Wildman–Crippen LogP) is 5.17. The molecule has 1 fully saturated rings. The van der Waals surface area contributed by atoms with Crippen LogP contribution in [0.5, 0.6) is 0 Å². The van der Waals surface area contributed by atoms with Gasteiger partial charge in [-0.3, -0.25) is 9.47 Å².